The minimum absolute atomic E-state index is 0.169. The molecule has 0 unspecified atom stereocenters. The second-order valence-electron chi connectivity index (χ2n) is 4.61. The van der Waals surface area contributed by atoms with Gasteiger partial charge < -0.3 is 4.74 Å². The zero-order valence-electron chi connectivity index (χ0n) is 12.9. The number of nitrogens with zero attached hydrogens (tertiary/aromatic N) is 3. The summed E-state index contributed by atoms with van der Waals surface area (Å²) in [6, 6.07) is 9.83. The van der Waals surface area contributed by atoms with Gasteiger partial charge in [-0.05, 0) is 45.0 Å². The van der Waals surface area contributed by atoms with Crippen LogP contribution >= 0.6 is 0 Å². The van der Waals surface area contributed by atoms with Gasteiger partial charge >= 0.3 is 0 Å². The first-order valence-electron chi connectivity index (χ1n) is 7.05. The van der Waals surface area contributed by atoms with Crippen molar-refractivity contribution in [2.75, 3.05) is 17.5 Å². The number of benzene rings is 1. The highest BCUT2D eigenvalue weighted by molar-refractivity contribution is 7.92. The summed E-state index contributed by atoms with van der Waals surface area (Å²) in [4.78, 5) is 0.169. The van der Waals surface area contributed by atoms with E-state index in [0.29, 0.717) is 18.2 Å². The molecule has 1 aromatic heterocycles. The lowest BCUT2D eigenvalue weighted by Gasteiger charge is -2.21. The van der Waals surface area contributed by atoms with Crippen LogP contribution in [0.2, 0.25) is 0 Å². The number of aryl methyl sites for hydroxylation is 1. The molecule has 2 aromatic rings. The predicted octanol–water partition coefficient (Wildman–Crippen LogP) is 2.40. The Morgan fingerprint density at radius 1 is 1.14 bits per heavy atom. The molecule has 0 fully saturated rings. The van der Waals surface area contributed by atoms with Crippen LogP contribution in [0.15, 0.2) is 41.3 Å². The van der Waals surface area contributed by atoms with Crippen molar-refractivity contribution in [2.24, 2.45) is 0 Å². The molecule has 0 saturated heterocycles. The fourth-order valence-electron chi connectivity index (χ4n) is 2.00. The highest BCUT2D eigenvalue weighted by atomic mass is 32.2. The maximum Gasteiger partial charge on any atom is 0.265 e. The minimum atomic E-state index is -3.71. The van der Waals surface area contributed by atoms with Gasteiger partial charge in [-0.15, -0.1) is 5.10 Å². The van der Waals surface area contributed by atoms with Gasteiger partial charge in [-0.1, -0.05) is 6.07 Å². The van der Waals surface area contributed by atoms with E-state index in [-0.39, 0.29) is 11.4 Å². The SMILES string of the molecule is CCOc1cccc(S(=O)(=O)N(CC)c2ccc(C)nn2)c1. The third kappa shape index (κ3) is 3.36. The molecule has 7 heteroatoms. The Hall–Kier alpha value is -2.15. The Morgan fingerprint density at radius 3 is 2.50 bits per heavy atom. The third-order valence-electron chi connectivity index (χ3n) is 3.03. The summed E-state index contributed by atoms with van der Waals surface area (Å²) in [7, 11) is -3.71. The van der Waals surface area contributed by atoms with E-state index >= 15 is 0 Å². The Labute approximate surface area is 130 Å². The van der Waals surface area contributed by atoms with E-state index in [1.807, 2.05) is 6.92 Å². The van der Waals surface area contributed by atoms with Crippen LogP contribution in [-0.2, 0) is 10.0 Å². The molecule has 0 bridgehead atoms. The molecule has 22 heavy (non-hydrogen) atoms. The molecule has 118 valence electrons. The van der Waals surface area contributed by atoms with Gasteiger partial charge in [0.05, 0.1) is 17.2 Å². The van der Waals surface area contributed by atoms with Crippen LogP contribution in [-0.4, -0.2) is 31.8 Å². The van der Waals surface area contributed by atoms with Gasteiger partial charge in [0, 0.05) is 12.6 Å². The van der Waals surface area contributed by atoms with E-state index in [0.717, 1.165) is 5.69 Å². The molecule has 0 aliphatic rings. The molecule has 1 heterocycles. The normalized spacial score (nSPS) is 11.2. The summed E-state index contributed by atoms with van der Waals surface area (Å²) in [6.45, 7) is 6.14. The molecule has 0 atom stereocenters. The third-order valence-corrected chi connectivity index (χ3v) is 4.91. The quantitative estimate of drug-likeness (QED) is 0.817. The van der Waals surface area contributed by atoms with E-state index in [4.69, 9.17) is 4.74 Å². The summed E-state index contributed by atoms with van der Waals surface area (Å²) in [5.41, 5.74) is 0.732. The second kappa shape index (κ2) is 6.74. The van der Waals surface area contributed by atoms with Gasteiger partial charge in [-0.25, -0.2) is 12.7 Å². The molecule has 6 nitrogen and oxygen atoms in total. The number of anilines is 1. The fraction of sp³-hybridized carbons (Fsp3) is 0.333. The number of hydrogen-bond acceptors (Lipinski definition) is 5. The monoisotopic (exact) mass is 321 g/mol. The Kier molecular flexibility index (Phi) is 4.97. The van der Waals surface area contributed by atoms with Crippen LogP contribution in [0.5, 0.6) is 5.75 Å². The van der Waals surface area contributed by atoms with Crippen LogP contribution in [0, 0.1) is 6.92 Å². The van der Waals surface area contributed by atoms with Gasteiger partial charge in [0.15, 0.2) is 5.82 Å². The first-order chi connectivity index (χ1) is 10.5. The van der Waals surface area contributed by atoms with Gasteiger partial charge in [0.25, 0.3) is 10.0 Å². The van der Waals surface area contributed by atoms with Gasteiger partial charge in [-0.2, -0.15) is 5.10 Å². The molecule has 0 spiro atoms. The molecular formula is C15H19N3O3S. The van der Waals surface area contributed by atoms with Gasteiger partial charge in [0.2, 0.25) is 0 Å². The smallest absolute Gasteiger partial charge is 0.265 e. The van der Waals surface area contributed by atoms with E-state index < -0.39 is 10.0 Å². The van der Waals surface area contributed by atoms with E-state index in [1.54, 1.807) is 44.2 Å². The lowest BCUT2D eigenvalue weighted by Crippen LogP contribution is -2.31. The molecule has 0 saturated carbocycles. The van der Waals surface area contributed by atoms with Crippen molar-refractivity contribution in [1.29, 1.82) is 0 Å². The largest absolute Gasteiger partial charge is 0.494 e. The molecule has 0 aliphatic heterocycles. The Bertz CT molecular complexity index is 730. The fourth-order valence-corrected chi connectivity index (χ4v) is 3.45. The van der Waals surface area contributed by atoms with Crippen molar-refractivity contribution in [3.8, 4) is 5.75 Å². The zero-order chi connectivity index (χ0) is 16.2. The van der Waals surface area contributed by atoms with Crippen LogP contribution < -0.4 is 9.04 Å². The highest BCUT2D eigenvalue weighted by Crippen LogP contribution is 2.24. The van der Waals surface area contributed by atoms with Crippen molar-refractivity contribution in [2.45, 2.75) is 25.7 Å². The lowest BCUT2D eigenvalue weighted by atomic mass is 10.3. The lowest BCUT2D eigenvalue weighted by molar-refractivity contribution is 0.339. The van der Waals surface area contributed by atoms with Crippen molar-refractivity contribution in [1.82, 2.24) is 10.2 Å². The molecule has 0 amide bonds. The zero-order valence-corrected chi connectivity index (χ0v) is 13.7. The van der Waals surface area contributed by atoms with E-state index in [2.05, 4.69) is 10.2 Å². The molecule has 2 rings (SSSR count). The topological polar surface area (TPSA) is 72.4 Å². The molecule has 1 aromatic carbocycles. The van der Waals surface area contributed by atoms with E-state index in [9.17, 15) is 8.42 Å². The van der Waals surface area contributed by atoms with Crippen molar-refractivity contribution in [3.63, 3.8) is 0 Å². The van der Waals surface area contributed by atoms with Crippen molar-refractivity contribution in [3.05, 3.63) is 42.1 Å². The predicted molar refractivity (Wildman–Crippen MR) is 84.6 cm³/mol. The van der Waals surface area contributed by atoms with Gasteiger partial charge in [-0.3, -0.25) is 0 Å². The number of sulfonamides is 1. The maximum absolute atomic E-state index is 12.8. The summed E-state index contributed by atoms with van der Waals surface area (Å²) >= 11 is 0. The summed E-state index contributed by atoms with van der Waals surface area (Å²) in [5.74, 6) is 0.824. The standard InChI is InChI=1S/C15H19N3O3S/c1-4-18(15-10-9-12(3)16-17-15)22(19,20)14-8-6-7-13(11-14)21-5-2/h6-11H,4-5H2,1-3H3. The van der Waals surface area contributed by atoms with E-state index in [1.165, 1.54) is 10.4 Å². The summed E-state index contributed by atoms with van der Waals surface area (Å²) < 4.78 is 32.2. The first-order valence-corrected chi connectivity index (χ1v) is 8.49. The average molecular weight is 321 g/mol. The second-order valence-corrected chi connectivity index (χ2v) is 6.47. The summed E-state index contributed by atoms with van der Waals surface area (Å²) in [5, 5.41) is 7.89. The Balaban J connectivity index is 2.42. The molecular weight excluding hydrogens is 302 g/mol. The number of ether oxygens (including phenoxy) is 1. The first kappa shape index (κ1) is 16.2. The highest BCUT2D eigenvalue weighted by Gasteiger charge is 2.25. The number of rotatable bonds is 6. The van der Waals surface area contributed by atoms with Crippen molar-refractivity contribution < 1.29 is 13.2 Å². The van der Waals surface area contributed by atoms with Crippen LogP contribution in [0.25, 0.3) is 0 Å². The van der Waals surface area contributed by atoms with Gasteiger partial charge in [0.1, 0.15) is 5.75 Å². The van der Waals surface area contributed by atoms with Crippen LogP contribution in [0.4, 0.5) is 5.82 Å². The Morgan fingerprint density at radius 2 is 1.91 bits per heavy atom. The minimum Gasteiger partial charge on any atom is -0.494 e. The van der Waals surface area contributed by atoms with Crippen LogP contribution in [0.1, 0.15) is 19.5 Å². The maximum atomic E-state index is 12.8. The van der Waals surface area contributed by atoms with Crippen LogP contribution in [0.3, 0.4) is 0 Å². The number of aromatic nitrogens is 2. The van der Waals surface area contributed by atoms with Crippen molar-refractivity contribution >= 4 is 15.8 Å². The number of hydrogen-bond donors (Lipinski definition) is 0. The average Bonchev–Trinajstić information content (AvgIpc) is 2.50. The molecule has 0 N–H and O–H groups in total. The molecule has 0 aliphatic carbocycles. The molecule has 0 radical (unpaired) electrons. The summed E-state index contributed by atoms with van der Waals surface area (Å²) in [6.07, 6.45) is 0.